The average molecular weight is 422 g/mol. The van der Waals surface area contributed by atoms with Gasteiger partial charge in [0.25, 0.3) is 5.56 Å². The summed E-state index contributed by atoms with van der Waals surface area (Å²) in [5.41, 5.74) is 0.969. The molecule has 9 nitrogen and oxygen atoms in total. The minimum absolute atomic E-state index is 0.148. The van der Waals surface area contributed by atoms with Crippen molar-refractivity contribution in [3.05, 3.63) is 76.4 Å². The van der Waals surface area contributed by atoms with E-state index < -0.39 is 0 Å². The van der Waals surface area contributed by atoms with E-state index in [-0.39, 0.29) is 31.0 Å². The maximum absolute atomic E-state index is 12.2. The number of anilines is 2. The van der Waals surface area contributed by atoms with E-state index in [4.69, 9.17) is 4.42 Å². The molecule has 0 aliphatic heterocycles. The number of aromatic nitrogens is 4. The van der Waals surface area contributed by atoms with Crippen LogP contribution in [-0.4, -0.2) is 32.2 Å². The van der Waals surface area contributed by atoms with Gasteiger partial charge in [-0.2, -0.15) is 5.10 Å². The molecule has 0 aliphatic rings. The number of rotatable bonds is 8. The molecule has 0 spiro atoms. The second-order valence-corrected chi connectivity index (χ2v) is 7.13. The lowest BCUT2D eigenvalue weighted by atomic mass is 10.3. The maximum atomic E-state index is 12.2. The minimum Gasteiger partial charge on any atom is -0.463 e. The summed E-state index contributed by atoms with van der Waals surface area (Å²) in [7, 11) is 0. The molecule has 0 bridgehead atoms. The van der Waals surface area contributed by atoms with Crippen LogP contribution in [0.4, 0.5) is 10.9 Å². The van der Waals surface area contributed by atoms with Crippen molar-refractivity contribution < 1.29 is 9.21 Å². The number of furan rings is 1. The Morgan fingerprint density at radius 2 is 2.10 bits per heavy atom. The van der Waals surface area contributed by atoms with Crippen LogP contribution in [0.5, 0.6) is 0 Å². The molecule has 152 valence electrons. The van der Waals surface area contributed by atoms with Crippen molar-refractivity contribution in [3.8, 4) is 11.5 Å². The Hall–Kier alpha value is -3.79. The zero-order valence-corrected chi connectivity index (χ0v) is 16.6. The van der Waals surface area contributed by atoms with Crippen molar-refractivity contribution in [1.29, 1.82) is 0 Å². The molecule has 4 aromatic rings. The molecule has 0 radical (unpaired) electrons. The van der Waals surface area contributed by atoms with Gasteiger partial charge in [-0.25, -0.2) is 14.6 Å². The van der Waals surface area contributed by atoms with E-state index >= 15 is 0 Å². The highest BCUT2D eigenvalue weighted by atomic mass is 32.1. The van der Waals surface area contributed by atoms with Crippen LogP contribution in [0, 0.1) is 0 Å². The molecule has 0 saturated carbocycles. The van der Waals surface area contributed by atoms with Crippen LogP contribution in [0.3, 0.4) is 0 Å². The van der Waals surface area contributed by atoms with Crippen molar-refractivity contribution >= 4 is 28.2 Å². The van der Waals surface area contributed by atoms with E-state index in [9.17, 15) is 9.59 Å². The van der Waals surface area contributed by atoms with Crippen molar-refractivity contribution in [2.45, 2.75) is 13.0 Å². The number of carbonyl (C=O) groups is 1. The zero-order chi connectivity index (χ0) is 20.8. The number of nitrogens with one attached hydrogen (secondary N) is 2. The monoisotopic (exact) mass is 422 g/mol. The molecule has 2 N–H and O–H groups in total. The van der Waals surface area contributed by atoms with Gasteiger partial charge < -0.3 is 15.1 Å². The smallest absolute Gasteiger partial charge is 0.266 e. The number of thiazole rings is 1. The van der Waals surface area contributed by atoms with Gasteiger partial charge in [-0.1, -0.05) is 6.07 Å². The van der Waals surface area contributed by atoms with Gasteiger partial charge in [0.05, 0.1) is 24.9 Å². The molecule has 4 rings (SSSR count). The van der Waals surface area contributed by atoms with Gasteiger partial charge in [0, 0.05) is 24.2 Å². The van der Waals surface area contributed by atoms with Gasteiger partial charge in [0.1, 0.15) is 11.5 Å². The molecule has 0 fully saturated rings. The van der Waals surface area contributed by atoms with Gasteiger partial charge in [0.15, 0.2) is 10.9 Å². The van der Waals surface area contributed by atoms with Crippen molar-refractivity contribution in [2.75, 3.05) is 11.9 Å². The quantitative estimate of drug-likeness (QED) is 0.448. The molecule has 0 aliphatic carbocycles. The normalized spacial score (nSPS) is 10.7. The number of hydrogen-bond donors (Lipinski definition) is 2. The van der Waals surface area contributed by atoms with Crippen molar-refractivity contribution in [1.82, 2.24) is 25.1 Å². The molecule has 0 aromatic carbocycles. The van der Waals surface area contributed by atoms with E-state index in [1.165, 1.54) is 22.1 Å². The molecular weight excluding hydrogens is 404 g/mol. The zero-order valence-electron chi connectivity index (χ0n) is 15.8. The summed E-state index contributed by atoms with van der Waals surface area (Å²) in [6, 6.07) is 12.1. The number of amides is 1. The molecular formula is C20H18N6O3S. The van der Waals surface area contributed by atoms with Crippen LogP contribution in [-0.2, 0) is 17.8 Å². The lowest BCUT2D eigenvalue weighted by Crippen LogP contribution is -2.32. The molecule has 4 heterocycles. The molecule has 10 heteroatoms. The Balaban J connectivity index is 1.29. The molecule has 0 saturated heterocycles. The predicted molar refractivity (Wildman–Crippen MR) is 113 cm³/mol. The minimum atomic E-state index is -0.246. The molecule has 1 amide bonds. The highest BCUT2D eigenvalue weighted by molar-refractivity contribution is 7.13. The summed E-state index contributed by atoms with van der Waals surface area (Å²) in [5, 5.41) is 12.7. The molecule has 30 heavy (non-hydrogen) atoms. The summed E-state index contributed by atoms with van der Waals surface area (Å²) in [6.45, 7) is 0.527. The van der Waals surface area contributed by atoms with Crippen LogP contribution in [0.15, 0.2) is 69.5 Å². The molecule has 0 unspecified atom stereocenters. The second kappa shape index (κ2) is 9.14. The first-order chi connectivity index (χ1) is 14.7. The summed E-state index contributed by atoms with van der Waals surface area (Å²) >= 11 is 1.40. The van der Waals surface area contributed by atoms with Gasteiger partial charge >= 0.3 is 0 Å². The predicted octanol–water partition coefficient (Wildman–Crippen LogP) is 2.46. The van der Waals surface area contributed by atoms with Gasteiger partial charge in [0.2, 0.25) is 5.91 Å². The highest BCUT2D eigenvalue weighted by Crippen LogP contribution is 2.19. The topological polar surface area (TPSA) is 115 Å². The van der Waals surface area contributed by atoms with Crippen molar-refractivity contribution in [3.63, 3.8) is 0 Å². The van der Waals surface area contributed by atoms with Crippen LogP contribution in [0.25, 0.3) is 11.5 Å². The van der Waals surface area contributed by atoms with Crippen LogP contribution < -0.4 is 16.2 Å². The van der Waals surface area contributed by atoms with Crippen molar-refractivity contribution in [2.24, 2.45) is 0 Å². The highest BCUT2D eigenvalue weighted by Gasteiger charge is 2.09. The van der Waals surface area contributed by atoms with Crippen LogP contribution >= 0.6 is 11.3 Å². The van der Waals surface area contributed by atoms with E-state index in [1.807, 2.05) is 23.6 Å². The third-order valence-corrected chi connectivity index (χ3v) is 4.89. The summed E-state index contributed by atoms with van der Waals surface area (Å²) in [6.07, 6.45) is 3.38. The van der Waals surface area contributed by atoms with Gasteiger partial charge in [-0.15, -0.1) is 11.3 Å². The first-order valence-corrected chi connectivity index (χ1v) is 10.1. The fourth-order valence-corrected chi connectivity index (χ4v) is 3.40. The third kappa shape index (κ3) is 4.97. The summed E-state index contributed by atoms with van der Waals surface area (Å²) in [4.78, 5) is 32.8. The van der Waals surface area contributed by atoms with E-state index in [1.54, 1.807) is 30.7 Å². The fourth-order valence-electron chi connectivity index (χ4n) is 2.68. The number of carbonyl (C=O) groups excluding carboxylic acids is 1. The lowest BCUT2D eigenvalue weighted by Gasteiger charge is -2.07. The van der Waals surface area contributed by atoms with Gasteiger partial charge in [-0.3, -0.25) is 9.59 Å². The SMILES string of the molecule is O=C(Cc1csc(Nc2ccccn2)n1)NCCn1nc(-c2ccco2)ccc1=O. The fraction of sp³-hybridized carbons (Fsp3) is 0.150. The second-order valence-electron chi connectivity index (χ2n) is 6.27. The molecule has 0 atom stereocenters. The molecule has 4 aromatic heterocycles. The average Bonchev–Trinajstić information content (AvgIpc) is 3.43. The first kappa shape index (κ1) is 19.5. The Morgan fingerprint density at radius 1 is 1.17 bits per heavy atom. The summed E-state index contributed by atoms with van der Waals surface area (Å²) in [5.74, 6) is 1.09. The number of nitrogens with zero attached hydrogens (tertiary/aromatic N) is 4. The standard InChI is InChI=1S/C20H18N6O3S/c27-18(12-14-13-30-20(23-14)24-17-5-1-2-8-21-17)22-9-10-26-19(28)7-6-15(25-26)16-4-3-11-29-16/h1-8,11,13H,9-10,12H2,(H,22,27)(H,21,23,24). The van der Waals surface area contributed by atoms with E-state index in [0.717, 1.165) is 0 Å². The number of hydrogen-bond acceptors (Lipinski definition) is 8. The Labute approximate surface area is 175 Å². The Morgan fingerprint density at radius 3 is 2.90 bits per heavy atom. The number of pyridine rings is 1. The summed E-state index contributed by atoms with van der Waals surface area (Å²) < 4.78 is 6.60. The van der Waals surface area contributed by atoms with E-state index in [0.29, 0.717) is 28.1 Å². The van der Waals surface area contributed by atoms with Gasteiger partial charge in [-0.05, 0) is 30.3 Å². The van der Waals surface area contributed by atoms with E-state index in [2.05, 4.69) is 25.7 Å². The Bertz CT molecular complexity index is 1170. The maximum Gasteiger partial charge on any atom is 0.266 e. The first-order valence-electron chi connectivity index (χ1n) is 9.18. The Kier molecular flexibility index (Phi) is 5.95. The lowest BCUT2D eigenvalue weighted by molar-refractivity contribution is -0.120. The van der Waals surface area contributed by atoms with Crippen LogP contribution in [0.2, 0.25) is 0 Å². The van der Waals surface area contributed by atoms with Crippen LogP contribution in [0.1, 0.15) is 5.69 Å². The largest absolute Gasteiger partial charge is 0.463 e. The third-order valence-electron chi connectivity index (χ3n) is 4.08.